The Morgan fingerprint density at radius 2 is 1.93 bits per heavy atom. The van der Waals surface area contributed by atoms with Crippen molar-refractivity contribution in [1.82, 2.24) is 9.80 Å². The summed E-state index contributed by atoms with van der Waals surface area (Å²) in [5, 5.41) is 10.2. The number of aliphatic hydroxyl groups excluding tert-OH is 1. The van der Waals surface area contributed by atoms with Crippen molar-refractivity contribution in [3.63, 3.8) is 0 Å². The van der Waals surface area contributed by atoms with E-state index in [1.54, 1.807) is 17.0 Å². The predicted octanol–water partition coefficient (Wildman–Crippen LogP) is 3.05. The zero-order chi connectivity index (χ0) is 20.7. The summed E-state index contributed by atoms with van der Waals surface area (Å²) in [6, 6.07) is 3.48. The fourth-order valence-corrected chi connectivity index (χ4v) is 4.49. The Morgan fingerprint density at radius 3 is 2.46 bits per heavy atom. The van der Waals surface area contributed by atoms with Crippen LogP contribution in [0.1, 0.15) is 48.2 Å². The summed E-state index contributed by atoms with van der Waals surface area (Å²) in [6.07, 6.45) is -3.95. The molecule has 2 aliphatic heterocycles. The van der Waals surface area contributed by atoms with E-state index in [4.69, 9.17) is 9.47 Å². The molecule has 1 unspecified atom stereocenters. The smallest absolute Gasteiger partial charge is 0.356 e. The number of ether oxygens (including phenoxy) is 2. The van der Waals surface area contributed by atoms with Gasteiger partial charge in [0.05, 0.1) is 22.6 Å². The van der Waals surface area contributed by atoms with Crippen molar-refractivity contribution in [2.45, 2.75) is 64.3 Å². The van der Waals surface area contributed by atoms with E-state index in [-0.39, 0.29) is 25.3 Å². The van der Waals surface area contributed by atoms with Crippen LogP contribution in [0.3, 0.4) is 0 Å². The topological polar surface area (TPSA) is 62.2 Å². The molecule has 2 saturated heterocycles. The lowest BCUT2D eigenvalue weighted by atomic mass is 9.89. The Balaban J connectivity index is 1.69. The number of carbonyl (C=O) groups excluding carboxylic acids is 1. The molecule has 1 spiro atoms. The maximum Gasteiger partial charge on any atom is 0.373 e. The molecular formula is C19H28F2N2O4S. The zero-order valence-electron chi connectivity index (χ0n) is 16.7. The third kappa shape index (κ3) is 5.07. The number of alkyl halides is 2. The molecule has 1 aromatic heterocycles. The molecule has 1 aromatic rings. The van der Waals surface area contributed by atoms with E-state index in [1.807, 2.05) is 27.7 Å². The number of carbonyl (C=O) groups is 1. The maximum absolute atomic E-state index is 14.3. The van der Waals surface area contributed by atoms with Crippen molar-refractivity contribution < 1.29 is 28.2 Å². The highest BCUT2D eigenvalue weighted by atomic mass is 32.1. The summed E-state index contributed by atoms with van der Waals surface area (Å²) in [4.78, 5) is 17.0. The van der Waals surface area contributed by atoms with E-state index in [1.165, 1.54) is 16.2 Å². The average Bonchev–Trinajstić information content (AvgIpc) is 2.98. The molecule has 0 saturated carbocycles. The Kier molecular flexibility index (Phi) is 5.86. The lowest BCUT2D eigenvalue weighted by molar-refractivity contribution is -0.337. The number of amides is 1. The van der Waals surface area contributed by atoms with Gasteiger partial charge in [-0.15, -0.1) is 11.3 Å². The van der Waals surface area contributed by atoms with Crippen LogP contribution in [0, 0.1) is 6.92 Å². The van der Waals surface area contributed by atoms with Gasteiger partial charge in [-0.2, -0.15) is 8.78 Å². The molecule has 0 aliphatic carbocycles. The number of aryl methyl sites for hydroxylation is 1. The Bertz CT molecular complexity index is 711. The second-order valence-electron chi connectivity index (χ2n) is 8.59. The van der Waals surface area contributed by atoms with Gasteiger partial charge in [-0.1, -0.05) is 0 Å². The first-order chi connectivity index (χ1) is 12.9. The Hall–Kier alpha value is -1.13. The molecule has 1 N–H and O–H groups in total. The molecule has 3 rings (SSSR count). The standard InChI is InChI=1S/C19H28F2N2O4S/c1-13-5-6-14(28-13)15(24)23-11-18(27-19(20,21)12-23)7-9-22(10-8-18)16(25)26-17(2,3)4/h5-6,16,25H,7-12H2,1-4H3. The molecule has 0 aromatic carbocycles. The first kappa shape index (κ1) is 21.6. The molecule has 0 radical (unpaired) electrons. The van der Waals surface area contributed by atoms with Gasteiger partial charge in [0, 0.05) is 18.0 Å². The van der Waals surface area contributed by atoms with Crippen LogP contribution in [0.5, 0.6) is 0 Å². The van der Waals surface area contributed by atoms with E-state index in [9.17, 15) is 18.7 Å². The highest BCUT2D eigenvalue weighted by Gasteiger charge is 2.52. The third-order valence-corrected chi connectivity index (χ3v) is 5.93. The monoisotopic (exact) mass is 418 g/mol. The summed E-state index contributed by atoms with van der Waals surface area (Å²) in [5.74, 6) is -0.390. The number of hydrogen-bond donors (Lipinski definition) is 1. The highest BCUT2D eigenvalue weighted by Crippen LogP contribution is 2.39. The average molecular weight is 419 g/mol. The first-order valence-corrected chi connectivity index (χ1v) is 10.2. The summed E-state index contributed by atoms with van der Waals surface area (Å²) in [5.41, 5.74) is -1.65. The maximum atomic E-state index is 14.3. The number of rotatable bonds is 3. The Morgan fingerprint density at radius 1 is 1.29 bits per heavy atom. The quantitative estimate of drug-likeness (QED) is 0.765. The van der Waals surface area contributed by atoms with Crippen LogP contribution in [-0.4, -0.2) is 70.7 Å². The van der Waals surface area contributed by atoms with Gasteiger partial charge in [-0.05, 0) is 52.7 Å². The molecule has 0 bridgehead atoms. The second kappa shape index (κ2) is 7.60. The second-order valence-corrected chi connectivity index (χ2v) is 9.87. The van der Waals surface area contributed by atoms with Gasteiger partial charge < -0.3 is 19.5 Å². The van der Waals surface area contributed by atoms with E-state index in [0.29, 0.717) is 18.0 Å². The summed E-state index contributed by atoms with van der Waals surface area (Å²) >= 11 is 1.30. The SMILES string of the molecule is Cc1ccc(C(=O)N2CC(F)(F)OC3(CCN(C(O)OC(C)(C)C)CC3)C2)s1. The molecular weight excluding hydrogens is 390 g/mol. The summed E-state index contributed by atoms with van der Waals surface area (Å²) in [7, 11) is 0. The molecule has 2 fully saturated rings. The molecule has 1 atom stereocenters. The third-order valence-electron chi connectivity index (χ3n) is 4.94. The van der Waals surface area contributed by atoms with Crippen LogP contribution < -0.4 is 0 Å². The fraction of sp³-hybridized carbons (Fsp3) is 0.737. The lowest BCUT2D eigenvalue weighted by Gasteiger charge is -2.50. The molecule has 9 heteroatoms. The van der Waals surface area contributed by atoms with E-state index in [2.05, 4.69) is 0 Å². The van der Waals surface area contributed by atoms with Gasteiger partial charge in [0.1, 0.15) is 6.54 Å². The number of nitrogens with zero attached hydrogens (tertiary/aromatic N) is 2. The molecule has 6 nitrogen and oxygen atoms in total. The highest BCUT2D eigenvalue weighted by molar-refractivity contribution is 7.13. The van der Waals surface area contributed by atoms with Gasteiger partial charge in [-0.25, -0.2) is 0 Å². The number of morpholine rings is 1. The van der Waals surface area contributed by atoms with E-state index >= 15 is 0 Å². The Labute approximate surface area is 168 Å². The molecule has 1 amide bonds. The zero-order valence-corrected chi connectivity index (χ0v) is 17.5. The molecule has 28 heavy (non-hydrogen) atoms. The molecule has 158 valence electrons. The summed E-state index contributed by atoms with van der Waals surface area (Å²) in [6.45, 7) is 7.43. The summed E-state index contributed by atoms with van der Waals surface area (Å²) < 4.78 is 39.4. The van der Waals surface area contributed by atoms with Gasteiger partial charge >= 0.3 is 6.11 Å². The van der Waals surface area contributed by atoms with E-state index < -0.39 is 30.3 Å². The first-order valence-electron chi connectivity index (χ1n) is 9.42. The van der Waals surface area contributed by atoms with Gasteiger partial charge in [-0.3, -0.25) is 9.69 Å². The number of piperidine rings is 1. The van der Waals surface area contributed by atoms with Crippen molar-refractivity contribution >= 4 is 17.2 Å². The van der Waals surface area contributed by atoms with Crippen LogP contribution >= 0.6 is 11.3 Å². The number of halogens is 2. The molecule has 3 heterocycles. The van der Waals surface area contributed by atoms with Crippen LogP contribution in [0.25, 0.3) is 0 Å². The largest absolute Gasteiger partial charge is 0.373 e. The number of hydrogen-bond acceptors (Lipinski definition) is 6. The lowest BCUT2D eigenvalue weighted by Crippen LogP contribution is -2.63. The van der Waals surface area contributed by atoms with Crippen LogP contribution in [0.15, 0.2) is 12.1 Å². The fourth-order valence-electron chi connectivity index (χ4n) is 3.66. The van der Waals surface area contributed by atoms with Crippen LogP contribution in [-0.2, 0) is 9.47 Å². The predicted molar refractivity (Wildman–Crippen MR) is 101 cm³/mol. The van der Waals surface area contributed by atoms with Gasteiger partial charge in [0.2, 0.25) is 6.41 Å². The van der Waals surface area contributed by atoms with Crippen molar-refractivity contribution in [2.24, 2.45) is 0 Å². The number of aliphatic hydroxyl groups is 1. The normalized spacial score (nSPS) is 23.8. The minimum atomic E-state index is -3.40. The number of likely N-dealkylation sites (tertiary alicyclic amines) is 1. The van der Waals surface area contributed by atoms with Crippen molar-refractivity contribution in [1.29, 1.82) is 0 Å². The van der Waals surface area contributed by atoms with Gasteiger partial charge in [0.25, 0.3) is 5.91 Å². The van der Waals surface area contributed by atoms with Crippen molar-refractivity contribution in [3.05, 3.63) is 21.9 Å². The van der Waals surface area contributed by atoms with Crippen molar-refractivity contribution in [2.75, 3.05) is 26.2 Å². The number of thiophene rings is 1. The minimum Gasteiger partial charge on any atom is -0.356 e. The van der Waals surface area contributed by atoms with Gasteiger partial charge in [0.15, 0.2) is 0 Å². The van der Waals surface area contributed by atoms with Crippen LogP contribution in [0.2, 0.25) is 0 Å². The minimum absolute atomic E-state index is 0.114. The molecule has 2 aliphatic rings. The van der Waals surface area contributed by atoms with E-state index in [0.717, 1.165) is 4.88 Å². The van der Waals surface area contributed by atoms with Crippen LogP contribution in [0.4, 0.5) is 8.78 Å². The van der Waals surface area contributed by atoms with Crippen molar-refractivity contribution in [3.8, 4) is 0 Å².